The van der Waals surface area contributed by atoms with Crippen molar-refractivity contribution in [3.05, 3.63) is 34.7 Å². The molecular formula is C17H22N2O2. The molecule has 4 bridgehead atoms. The van der Waals surface area contributed by atoms with Crippen LogP contribution >= 0.6 is 0 Å². The van der Waals surface area contributed by atoms with Crippen molar-refractivity contribution in [2.24, 2.45) is 23.7 Å². The van der Waals surface area contributed by atoms with E-state index in [-0.39, 0.29) is 18.5 Å². The third kappa shape index (κ3) is 2.41. The molecule has 0 atom stereocenters. The number of hydrogen-bond acceptors (Lipinski definition) is 2. The van der Waals surface area contributed by atoms with Crippen LogP contribution in [0.25, 0.3) is 0 Å². The van der Waals surface area contributed by atoms with Crippen molar-refractivity contribution in [2.75, 3.05) is 0 Å². The van der Waals surface area contributed by atoms with Crippen LogP contribution in [0.15, 0.2) is 29.2 Å². The van der Waals surface area contributed by atoms with E-state index in [2.05, 4.69) is 5.32 Å². The first-order valence-corrected chi connectivity index (χ1v) is 8.05. The standard InChI is InChI=1S/C17H22N2O2/c20-15(10-19-4-2-1-3-16(19)21)18-17-13-6-11-5-12(8-13)9-14(17)7-11/h1-4,11-14,17H,5-10H2,(H,18,20)/i3D. The summed E-state index contributed by atoms with van der Waals surface area (Å²) in [6.07, 6.45) is 8.04. The van der Waals surface area contributed by atoms with Gasteiger partial charge in [0.2, 0.25) is 5.91 Å². The van der Waals surface area contributed by atoms with Crippen LogP contribution in [0.5, 0.6) is 0 Å². The van der Waals surface area contributed by atoms with Crippen molar-refractivity contribution in [3.63, 3.8) is 0 Å². The van der Waals surface area contributed by atoms with E-state index in [9.17, 15) is 9.59 Å². The van der Waals surface area contributed by atoms with Crippen LogP contribution in [0.3, 0.4) is 0 Å². The van der Waals surface area contributed by atoms with Crippen molar-refractivity contribution in [1.82, 2.24) is 9.88 Å². The molecule has 1 heterocycles. The summed E-state index contributed by atoms with van der Waals surface area (Å²) >= 11 is 0. The molecule has 5 rings (SSSR count). The minimum Gasteiger partial charge on any atom is -0.351 e. The molecule has 0 spiro atoms. The van der Waals surface area contributed by atoms with Crippen LogP contribution in [0.4, 0.5) is 0 Å². The molecule has 112 valence electrons. The van der Waals surface area contributed by atoms with Gasteiger partial charge in [0.25, 0.3) is 5.56 Å². The highest BCUT2D eigenvalue weighted by Crippen LogP contribution is 2.53. The summed E-state index contributed by atoms with van der Waals surface area (Å²) in [6.45, 7) is 0.0222. The Morgan fingerprint density at radius 3 is 2.52 bits per heavy atom. The second-order valence-corrected chi connectivity index (χ2v) is 7.11. The van der Waals surface area contributed by atoms with E-state index in [1.807, 2.05) is 0 Å². The van der Waals surface area contributed by atoms with Gasteiger partial charge in [0.05, 0.1) is 1.37 Å². The van der Waals surface area contributed by atoms with Crippen LogP contribution in [0, 0.1) is 23.7 Å². The number of nitrogens with one attached hydrogen (secondary N) is 1. The molecule has 1 aromatic heterocycles. The lowest BCUT2D eigenvalue weighted by atomic mass is 9.54. The summed E-state index contributed by atoms with van der Waals surface area (Å²) < 4.78 is 8.85. The normalized spacial score (nSPS) is 37.3. The Labute approximate surface area is 126 Å². The highest BCUT2D eigenvalue weighted by atomic mass is 16.2. The van der Waals surface area contributed by atoms with Crippen molar-refractivity contribution in [3.8, 4) is 0 Å². The van der Waals surface area contributed by atoms with Crippen molar-refractivity contribution < 1.29 is 6.17 Å². The zero-order chi connectivity index (χ0) is 15.3. The third-order valence-corrected chi connectivity index (χ3v) is 5.70. The topological polar surface area (TPSA) is 51.1 Å². The number of rotatable bonds is 3. The Bertz CT molecular complexity index is 626. The van der Waals surface area contributed by atoms with E-state index in [1.165, 1.54) is 42.7 Å². The van der Waals surface area contributed by atoms with Crippen LogP contribution < -0.4 is 10.9 Å². The van der Waals surface area contributed by atoms with Gasteiger partial charge in [0, 0.05) is 18.3 Å². The molecule has 0 saturated heterocycles. The van der Waals surface area contributed by atoms with E-state index in [1.54, 1.807) is 12.3 Å². The SMILES string of the molecule is [2H]c1cccn(CC(=O)NC2C3CC4CC(C3)CC2C4)c1=O. The van der Waals surface area contributed by atoms with Gasteiger partial charge < -0.3 is 9.88 Å². The summed E-state index contributed by atoms with van der Waals surface area (Å²) in [5.74, 6) is 2.96. The van der Waals surface area contributed by atoms with Gasteiger partial charge in [-0.05, 0) is 61.8 Å². The highest BCUT2D eigenvalue weighted by molar-refractivity contribution is 5.76. The molecule has 21 heavy (non-hydrogen) atoms. The van der Waals surface area contributed by atoms with Crippen LogP contribution in [-0.2, 0) is 11.3 Å². The maximum atomic E-state index is 12.3. The Hall–Kier alpha value is -1.58. The van der Waals surface area contributed by atoms with Gasteiger partial charge >= 0.3 is 0 Å². The van der Waals surface area contributed by atoms with E-state index in [4.69, 9.17) is 1.37 Å². The van der Waals surface area contributed by atoms with Gasteiger partial charge in [0.15, 0.2) is 0 Å². The molecule has 1 aromatic rings. The largest absolute Gasteiger partial charge is 0.351 e. The summed E-state index contributed by atoms with van der Waals surface area (Å²) in [4.78, 5) is 24.2. The smallest absolute Gasteiger partial charge is 0.250 e. The van der Waals surface area contributed by atoms with E-state index < -0.39 is 5.56 Å². The third-order valence-electron chi connectivity index (χ3n) is 5.70. The van der Waals surface area contributed by atoms with Crippen molar-refractivity contribution >= 4 is 5.91 Å². The minimum absolute atomic E-state index is 0.0222. The molecule has 4 fully saturated rings. The monoisotopic (exact) mass is 287 g/mol. The molecule has 1 N–H and O–H groups in total. The van der Waals surface area contributed by atoms with E-state index in [0.29, 0.717) is 17.9 Å². The number of amides is 1. The molecule has 0 radical (unpaired) electrons. The first-order valence-electron chi connectivity index (χ1n) is 8.55. The van der Waals surface area contributed by atoms with Gasteiger partial charge in [-0.15, -0.1) is 0 Å². The van der Waals surface area contributed by atoms with Crippen molar-refractivity contribution in [1.29, 1.82) is 0 Å². The van der Waals surface area contributed by atoms with Gasteiger partial charge in [-0.2, -0.15) is 0 Å². The molecule has 0 aliphatic heterocycles. The van der Waals surface area contributed by atoms with Crippen LogP contribution in [0.2, 0.25) is 0 Å². The molecule has 4 heteroatoms. The minimum atomic E-state index is -0.400. The Kier molecular flexibility index (Phi) is 2.86. The summed E-state index contributed by atoms with van der Waals surface area (Å²) in [5, 5.41) is 3.20. The number of hydrogen-bond donors (Lipinski definition) is 1. The van der Waals surface area contributed by atoms with Gasteiger partial charge in [-0.3, -0.25) is 9.59 Å². The fourth-order valence-electron chi connectivity index (χ4n) is 5.09. The molecule has 0 unspecified atom stereocenters. The Morgan fingerprint density at radius 2 is 1.86 bits per heavy atom. The first kappa shape index (κ1) is 12.0. The zero-order valence-electron chi connectivity index (χ0n) is 13.1. The Morgan fingerprint density at radius 1 is 1.19 bits per heavy atom. The average molecular weight is 287 g/mol. The zero-order valence-corrected chi connectivity index (χ0v) is 12.1. The maximum absolute atomic E-state index is 12.3. The molecule has 1 amide bonds. The lowest BCUT2D eigenvalue weighted by molar-refractivity contribution is -0.125. The first-order chi connectivity index (χ1) is 10.6. The molecule has 4 nitrogen and oxygen atoms in total. The quantitative estimate of drug-likeness (QED) is 0.921. The number of pyridine rings is 1. The highest BCUT2D eigenvalue weighted by Gasteiger charge is 2.48. The predicted molar refractivity (Wildman–Crippen MR) is 79.7 cm³/mol. The number of carbonyl (C=O) groups excluding carboxylic acids is 1. The molecule has 4 aliphatic carbocycles. The van der Waals surface area contributed by atoms with Crippen LogP contribution in [0.1, 0.15) is 33.5 Å². The van der Waals surface area contributed by atoms with Crippen LogP contribution in [-0.4, -0.2) is 16.5 Å². The fraction of sp³-hybridized carbons (Fsp3) is 0.647. The van der Waals surface area contributed by atoms with E-state index >= 15 is 0 Å². The lowest BCUT2D eigenvalue weighted by Gasteiger charge is -2.54. The maximum Gasteiger partial charge on any atom is 0.250 e. The van der Waals surface area contributed by atoms with Crippen molar-refractivity contribution in [2.45, 2.75) is 44.7 Å². The van der Waals surface area contributed by atoms with Gasteiger partial charge in [-0.25, -0.2) is 0 Å². The predicted octanol–water partition coefficient (Wildman–Crippen LogP) is 1.79. The number of carbonyl (C=O) groups is 1. The van der Waals surface area contributed by atoms with E-state index in [0.717, 1.165) is 11.8 Å². The molecule has 4 aliphatic rings. The molecule has 0 aromatic carbocycles. The average Bonchev–Trinajstić information content (AvgIpc) is 2.47. The summed E-state index contributed by atoms with van der Waals surface area (Å²) in [5.41, 5.74) is -0.400. The summed E-state index contributed by atoms with van der Waals surface area (Å²) in [7, 11) is 0. The Balaban J connectivity index is 1.44. The second kappa shape index (κ2) is 5.00. The van der Waals surface area contributed by atoms with Gasteiger partial charge in [0.1, 0.15) is 6.54 Å². The summed E-state index contributed by atoms with van der Waals surface area (Å²) in [6, 6.07) is 3.33. The van der Waals surface area contributed by atoms with Gasteiger partial charge in [-0.1, -0.05) is 6.07 Å². The molecule has 4 saturated carbocycles. The fourth-order valence-corrected chi connectivity index (χ4v) is 5.09. The lowest BCUT2D eigenvalue weighted by Crippen LogP contribution is -2.56. The number of aromatic nitrogens is 1. The second-order valence-electron chi connectivity index (χ2n) is 7.11. The molecular weight excluding hydrogens is 264 g/mol. The number of nitrogens with zero attached hydrogens (tertiary/aromatic N) is 1.